The highest BCUT2D eigenvalue weighted by Gasteiger charge is 2.26. The van der Waals surface area contributed by atoms with Crippen LogP contribution in [0.4, 0.5) is 0 Å². The molecule has 1 fully saturated rings. The number of nitrogens with zero attached hydrogens (tertiary/aromatic N) is 2. The van der Waals surface area contributed by atoms with Crippen molar-refractivity contribution in [1.29, 1.82) is 0 Å². The van der Waals surface area contributed by atoms with Gasteiger partial charge in [-0.1, -0.05) is 0 Å². The lowest BCUT2D eigenvalue weighted by molar-refractivity contribution is 0.216. The fourth-order valence-corrected chi connectivity index (χ4v) is 2.42. The van der Waals surface area contributed by atoms with Crippen LogP contribution in [0.3, 0.4) is 0 Å². The zero-order chi connectivity index (χ0) is 9.97. The van der Waals surface area contributed by atoms with E-state index in [1.165, 1.54) is 17.8 Å². The maximum atomic E-state index is 8.76. The van der Waals surface area contributed by atoms with Gasteiger partial charge in [0.15, 0.2) is 0 Å². The second-order valence-electron chi connectivity index (χ2n) is 3.91. The van der Waals surface area contributed by atoms with Crippen molar-refractivity contribution in [2.75, 3.05) is 20.2 Å². The van der Waals surface area contributed by atoms with Crippen LogP contribution >= 0.6 is 11.3 Å². The SMILES string of the molecule is CN(CCO)Cc1csc(C2CC2)n1. The second kappa shape index (κ2) is 4.38. The van der Waals surface area contributed by atoms with Crippen LogP contribution in [0.2, 0.25) is 0 Å². The van der Waals surface area contributed by atoms with Crippen molar-refractivity contribution < 1.29 is 5.11 Å². The van der Waals surface area contributed by atoms with Gasteiger partial charge in [-0.25, -0.2) is 4.98 Å². The number of hydrogen-bond acceptors (Lipinski definition) is 4. The highest BCUT2D eigenvalue weighted by molar-refractivity contribution is 7.09. The van der Waals surface area contributed by atoms with Crippen LogP contribution in [0.25, 0.3) is 0 Å². The van der Waals surface area contributed by atoms with E-state index in [4.69, 9.17) is 5.11 Å². The van der Waals surface area contributed by atoms with Crippen LogP contribution in [0.15, 0.2) is 5.38 Å². The van der Waals surface area contributed by atoms with E-state index >= 15 is 0 Å². The van der Waals surface area contributed by atoms with Gasteiger partial charge >= 0.3 is 0 Å². The van der Waals surface area contributed by atoms with Crippen molar-refractivity contribution in [2.45, 2.75) is 25.3 Å². The minimum atomic E-state index is 0.218. The molecule has 14 heavy (non-hydrogen) atoms. The van der Waals surface area contributed by atoms with E-state index in [9.17, 15) is 0 Å². The lowest BCUT2D eigenvalue weighted by Gasteiger charge is -2.12. The number of aliphatic hydroxyl groups excluding tert-OH is 1. The molecule has 0 aromatic carbocycles. The molecule has 1 aliphatic carbocycles. The molecule has 1 saturated carbocycles. The van der Waals surface area contributed by atoms with Gasteiger partial charge < -0.3 is 5.11 Å². The number of likely N-dealkylation sites (N-methyl/N-ethyl adjacent to an activating group) is 1. The fourth-order valence-electron chi connectivity index (χ4n) is 1.44. The number of thiazole rings is 1. The molecule has 1 aliphatic rings. The van der Waals surface area contributed by atoms with Crippen LogP contribution in [0, 0.1) is 0 Å². The molecule has 1 N–H and O–H groups in total. The largest absolute Gasteiger partial charge is 0.395 e. The third-order valence-electron chi connectivity index (χ3n) is 2.41. The van der Waals surface area contributed by atoms with E-state index in [2.05, 4.69) is 15.3 Å². The van der Waals surface area contributed by atoms with Crippen molar-refractivity contribution in [3.05, 3.63) is 16.1 Å². The molecular weight excluding hydrogens is 196 g/mol. The Kier molecular flexibility index (Phi) is 3.15. The van der Waals surface area contributed by atoms with Gasteiger partial charge in [-0.05, 0) is 19.9 Å². The Balaban J connectivity index is 1.88. The Morgan fingerprint density at radius 3 is 3.07 bits per heavy atom. The molecule has 3 nitrogen and oxygen atoms in total. The summed E-state index contributed by atoms with van der Waals surface area (Å²) in [5, 5.41) is 12.2. The summed E-state index contributed by atoms with van der Waals surface area (Å²) in [5.74, 6) is 0.761. The normalized spacial score (nSPS) is 16.5. The topological polar surface area (TPSA) is 36.4 Å². The lowest BCUT2D eigenvalue weighted by Crippen LogP contribution is -2.21. The minimum Gasteiger partial charge on any atom is -0.395 e. The van der Waals surface area contributed by atoms with Gasteiger partial charge in [-0.2, -0.15) is 0 Å². The van der Waals surface area contributed by atoms with E-state index in [-0.39, 0.29) is 6.61 Å². The highest BCUT2D eigenvalue weighted by Crippen LogP contribution is 2.41. The molecule has 1 aromatic rings. The third kappa shape index (κ3) is 2.53. The first kappa shape index (κ1) is 10.1. The number of hydrogen-bond donors (Lipinski definition) is 1. The van der Waals surface area contributed by atoms with Crippen LogP contribution in [0.1, 0.15) is 29.5 Å². The zero-order valence-corrected chi connectivity index (χ0v) is 9.26. The van der Waals surface area contributed by atoms with Gasteiger partial charge in [-0.15, -0.1) is 11.3 Å². The maximum absolute atomic E-state index is 8.76. The summed E-state index contributed by atoms with van der Waals surface area (Å²) >= 11 is 1.78. The summed E-state index contributed by atoms with van der Waals surface area (Å²) in [6.07, 6.45) is 2.64. The van der Waals surface area contributed by atoms with E-state index in [1.807, 2.05) is 7.05 Å². The standard InChI is InChI=1S/C10H16N2OS/c1-12(4-5-13)6-9-7-14-10(11-9)8-2-3-8/h7-8,13H,2-6H2,1H3. The Hall–Kier alpha value is -0.450. The predicted octanol–water partition coefficient (Wildman–Crippen LogP) is 1.44. The monoisotopic (exact) mass is 212 g/mol. The first-order valence-electron chi connectivity index (χ1n) is 5.03. The van der Waals surface area contributed by atoms with Gasteiger partial charge in [0.25, 0.3) is 0 Å². The third-order valence-corrected chi connectivity index (χ3v) is 3.47. The summed E-state index contributed by atoms with van der Waals surface area (Å²) in [6, 6.07) is 0. The molecule has 78 valence electrons. The molecule has 0 spiro atoms. The molecule has 0 radical (unpaired) electrons. The Bertz CT molecular complexity index is 296. The summed E-state index contributed by atoms with van der Waals surface area (Å²) in [6.45, 7) is 1.79. The molecule has 2 rings (SSSR count). The molecule has 0 atom stereocenters. The van der Waals surface area contributed by atoms with E-state index < -0.39 is 0 Å². The van der Waals surface area contributed by atoms with Crippen LogP contribution in [-0.2, 0) is 6.54 Å². The average Bonchev–Trinajstić information content (AvgIpc) is 2.89. The van der Waals surface area contributed by atoms with E-state index in [0.717, 1.165) is 24.7 Å². The Morgan fingerprint density at radius 1 is 1.64 bits per heavy atom. The molecule has 0 unspecified atom stereocenters. The quantitative estimate of drug-likeness (QED) is 0.802. The van der Waals surface area contributed by atoms with Gasteiger partial charge in [-0.3, -0.25) is 4.90 Å². The van der Waals surface area contributed by atoms with Crippen molar-refractivity contribution in [3.63, 3.8) is 0 Å². The van der Waals surface area contributed by atoms with Gasteiger partial charge in [0, 0.05) is 24.4 Å². The minimum absolute atomic E-state index is 0.218. The first-order valence-corrected chi connectivity index (χ1v) is 5.91. The molecular formula is C10H16N2OS. The maximum Gasteiger partial charge on any atom is 0.0959 e. The van der Waals surface area contributed by atoms with Crippen LogP contribution < -0.4 is 0 Å². The summed E-state index contributed by atoms with van der Waals surface area (Å²) < 4.78 is 0. The second-order valence-corrected chi connectivity index (χ2v) is 4.80. The summed E-state index contributed by atoms with van der Waals surface area (Å²) in [4.78, 5) is 6.68. The van der Waals surface area contributed by atoms with Crippen molar-refractivity contribution in [2.24, 2.45) is 0 Å². The Labute approximate surface area is 88.4 Å². The van der Waals surface area contributed by atoms with Gasteiger partial charge in [0.05, 0.1) is 17.3 Å². The Morgan fingerprint density at radius 2 is 2.43 bits per heavy atom. The van der Waals surface area contributed by atoms with Gasteiger partial charge in [0.1, 0.15) is 0 Å². The van der Waals surface area contributed by atoms with Crippen molar-refractivity contribution >= 4 is 11.3 Å². The van der Waals surface area contributed by atoms with Crippen molar-refractivity contribution in [1.82, 2.24) is 9.88 Å². The molecule has 1 aromatic heterocycles. The smallest absolute Gasteiger partial charge is 0.0959 e. The number of rotatable bonds is 5. The molecule has 0 aliphatic heterocycles. The van der Waals surface area contributed by atoms with Gasteiger partial charge in [0.2, 0.25) is 0 Å². The summed E-state index contributed by atoms with van der Waals surface area (Å²) in [5.41, 5.74) is 1.15. The molecule has 4 heteroatoms. The van der Waals surface area contributed by atoms with Crippen molar-refractivity contribution in [3.8, 4) is 0 Å². The molecule has 0 amide bonds. The van der Waals surface area contributed by atoms with E-state index in [0.29, 0.717) is 0 Å². The molecule has 1 heterocycles. The average molecular weight is 212 g/mol. The molecule has 0 bridgehead atoms. The lowest BCUT2D eigenvalue weighted by atomic mass is 10.4. The number of aromatic nitrogens is 1. The zero-order valence-electron chi connectivity index (χ0n) is 8.44. The van der Waals surface area contributed by atoms with Crippen LogP contribution in [-0.4, -0.2) is 35.2 Å². The summed E-state index contributed by atoms with van der Waals surface area (Å²) in [7, 11) is 2.01. The molecule has 0 saturated heterocycles. The first-order chi connectivity index (χ1) is 6.79. The van der Waals surface area contributed by atoms with E-state index in [1.54, 1.807) is 11.3 Å². The number of aliphatic hydroxyl groups is 1. The predicted molar refractivity (Wildman–Crippen MR) is 57.5 cm³/mol. The highest BCUT2D eigenvalue weighted by atomic mass is 32.1. The fraction of sp³-hybridized carbons (Fsp3) is 0.700. The van der Waals surface area contributed by atoms with Crippen LogP contribution in [0.5, 0.6) is 0 Å².